The Bertz CT molecular complexity index is 781. The summed E-state index contributed by atoms with van der Waals surface area (Å²) in [7, 11) is 0. The number of halogens is 1. The number of likely N-dealkylation sites (tertiary alicyclic amines) is 1. The zero-order valence-electron chi connectivity index (χ0n) is 14.5. The van der Waals surface area contributed by atoms with Gasteiger partial charge in [-0.15, -0.1) is 0 Å². The Morgan fingerprint density at radius 1 is 1.37 bits per heavy atom. The van der Waals surface area contributed by atoms with Gasteiger partial charge in [-0.1, -0.05) is 12.1 Å². The highest BCUT2D eigenvalue weighted by atomic mass is 19.1. The first-order valence-electron chi connectivity index (χ1n) is 8.61. The van der Waals surface area contributed by atoms with Crippen molar-refractivity contribution >= 4 is 11.8 Å². The molecule has 0 aliphatic carbocycles. The molecule has 4 N–H and O–H groups in total. The van der Waals surface area contributed by atoms with Crippen LogP contribution in [0.4, 0.5) is 4.39 Å². The van der Waals surface area contributed by atoms with Crippen molar-refractivity contribution in [2.45, 2.75) is 31.1 Å². The number of aliphatic hydroxyl groups excluding tert-OH is 2. The number of carbonyl (C=O) groups excluding carboxylic acids is 2. The van der Waals surface area contributed by atoms with Gasteiger partial charge in [0.2, 0.25) is 5.91 Å². The highest BCUT2D eigenvalue weighted by molar-refractivity contribution is 5.82. The van der Waals surface area contributed by atoms with E-state index in [1.807, 2.05) is 0 Å². The van der Waals surface area contributed by atoms with Crippen molar-refractivity contribution in [1.29, 1.82) is 0 Å². The summed E-state index contributed by atoms with van der Waals surface area (Å²) in [5.41, 5.74) is 0.991. The fourth-order valence-electron chi connectivity index (χ4n) is 3.03. The van der Waals surface area contributed by atoms with Crippen molar-refractivity contribution in [2.75, 3.05) is 13.1 Å². The zero-order valence-corrected chi connectivity index (χ0v) is 14.5. The topological polar surface area (TPSA) is 119 Å². The summed E-state index contributed by atoms with van der Waals surface area (Å²) >= 11 is 0. The minimum Gasteiger partial charge on any atom is -0.391 e. The molecule has 1 fully saturated rings. The molecule has 0 saturated carbocycles. The Hall–Kier alpha value is -2.78. The summed E-state index contributed by atoms with van der Waals surface area (Å²) in [4.78, 5) is 26.3. The van der Waals surface area contributed by atoms with Gasteiger partial charge < -0.3 is 20.4 Å². The van der Waals surface area contributed by atoms with Gasteiger partial charge in [0, 0.05) is 19.3 Å². The van der Waals surface area contributed by atoms with Crippen LogP contribution in [-0.4, -0.2) is 62.4 Å². The number of rotatable bonds is 5. The Kier molecular flexibility index (Phi) is 5.82. The predicted octanol–water partition coefficient (Wildman–Crippen LogP) is -0.0971. The van der Waals surface area contributed by atoms with Gasteiger partial charge in [-0.25, -0.2) is 4.39 Å². The van der Waals surface area contributed by atoms with Gasteiger partial charge in [0.25, 0.3) is 5.91 Å². The summed E-state index contributed by atoms with van der Waals surface area (Å²) in [6.45, 7) is 0.518. The molecule has 3 atom stereocenters. The summed E-state index contributed by atoms with van der Waals surface area (Å²) in [6, 6.07) is 4.24. The number of aromatic amines is 1. The number of benzene rings is 1. The normalized spacial score (nSPS) is 20.9. The van der Waals surface area contributed by atoms with Gasteiger partial charge in [-0.3, -0.25) is 14.7 Å². The number of H-pyrrole nitrogens is 1. The number of aromatic nitrogens is 2. The van der Waals surface area contributed by atoms with Gasteiger partial charge in [0.15, 0.2) is 6.10 Å². The van der Waals surface area contributed by atoms with E-state index >= 15 is 0 Å². The van der Waals surface area contributed by atoms with E-state index in [4.69, 9.17) is 0 Å². The maximum atomic E-state index is 13.0. The summed E-state index contributed by atoms with van der Waals surface area (Å²) in [5.74, 6) is -1.32. The van der Waals surface area contributed by atoms with Crippen LogP contribution in [0, 0.1) is 5.82 Å². The van der Waals surface area contributed by atoms with Gasteiger partial charge in [-0.2, -0.15) is 5.10 Å². The number of hydrogen-bond donors (Lipinski definition) is 4. The lowest BCUT2D eigenvalue weighted by atomic mass is 10.0. The van der Waals surface area contributed by atoms with Crippen LogP contribution in [0.2, 0.25) is 0 Å². The summed E-state index contributed by atoms with van der Waals surface area (Å²) < 4.78 is 13.0. The van der Waals surface area contributed by atoms with Crippen LogP contribution >= 0.6 is 0 Å². The molecule has 2 heterocycles. The molecule has 1 aromatic carbocycles. The third-order valence-electron chi connectivity index (χ3n) is 4.60. The van der Waals surface area contributed by atoms with Crippen LogP contribution in [-0.2, 0) is 16.0 Å². The van der Waals surface area contributed by atoms with Crippen LogP contribution in [0.1, 0.15) is 23.7 Å². The Morgan fingerprint density at radius 2 is 2.11 bits per heavy atom. The highest BCUT2D eigenvalue weighted by Gasteiger charge is 2.32. The van der Waals surface area contributed by atoms with Crippen LogP contribution in [0.25, 0.3) is 0 Å². The van der Waals surface area contributed by atoms with Gasteiger partial charge in [0.1, 0.15) is 5.82 Å². The number of aliphatic hydroxyl groups is 2. The van der Waals surface area contributed by atoms with Crippen molar-refractivity contribution in [3.05, 3.63) is 53.6 Å². The van der Waals surface area contributed by atoms with E-state index in [0.29, 0.717) is 13.0 Å². The third kappa shape index (κ3) is 4.69. The maximum absolute atomic E-state index is 13.0. The van der Waals surface area contributed by atoms with Crippen molar-refractivity contribution in [1.82, 2.24) is 20.4 Å². The van der Waals surface area contributed by atoms with E-state index in [1.54, 1.807) is 17.3 Å². The predicted molar refractivity (Wildman–Crippen MR) is 92.8 cm³/mol. The first-order valence-corrected chi connectivity index (χ1v) is 8.61. The lowest BCUT2D eigenvalue weighted by Crippen LogP contribution is -2.57. The molecule has 1 aliphatic rings. The van der Waals surface area contributed by atoms with E-state index in [-0.39, 0.29) is 24.4 Å². The average Bonchev–Trinajstić information content (AvgIpc) is 3.16. The minimum atomic E-state index is -1.49. The third-order valence-corrected chi connectivity index (χ3v) is 4.60. The van der Waals surface area contributed by atoms with E-state index < -0.39 is 30.0 Å². The molecule has 3 rings (SSSR count). The zero-order chi connectivity index (χ0) is 19.4. The van der Waals surface area contributed by atoms with Crippen molar-refractivity contribution in [2.24, 2.45) is 0 Å². The Morgan fingerprint density at radius 3 is 2.78 bits per heavy atom. The molecule has 0 radical (unpaired) electrons. The van der Waals surface area contributed by atoms with Crippen LogP contribution in [0.5, 0.6) is 0 Å². The number of nitrogens with one attached hydrogen (secondary N) is 2. The molecular formula is C18H21FN4O4. The first kappa shape index (κ1) is 19.0. The lowest BCUT2D eigenvalue weighted by Gasteiger charge is -2.37. The van der Waals surface area contributed by atoms with E-state index in [0.717, 1.165) is 17.7 Å². The highest BCUT2D eigenvalue weighted by Crippen LogP contribution is 2.17. The largest absolute Gasteiger partial charge is 0.391 e. The monoisotopic (exact) mass is 376 g/mol. The number of carbonyl (C=O) groups is 2. The fourth-order valence-corrected chi connectivity index (χ4v) is 3.03. The van der Waals surface area contributed by atoms with Crippen LogP contribution in [0.15, 0.2) is 36.7 Å². The maximum Gasteiger partial charge on any atom is 0.253 e. The van der Waals surface area contributed by atoms with E-state index in [9.17, 15) is 24.2 Å². The lowest BCUT2D eigenvalue weighted by molar-refractivity contribution is -0.137. The molecule has 1 unspecified atom stereocenters. The van der Waals surface area contributed by atoms with Crippen LogP contribution in [0.3, 0.4) is 0 Å². The molecule has 1 aliphatic heterocycles. The van der Waals surface area contributed by atoms with Gasteiger partial charge >= 0.3 is 0 Å². The SMILES string of the molecule is O=C(N[C@@H]1CN(C(=O)Cc2cn[nH]c2)CC[C@H]1O)C(O)c1ccc(F)cc1. The van der Waals surface area contributed by atoms with Gasteiger partial charge in [-0.05, 0) is 29.7 Å². The number of nitrogens with zero attached hydrogens (tertiary/aromatic N) is 2. The molecule has 8 nitrogen and oxygen atoms in total. The molecule has 2 amide bonds. The summed E-state index contributed by atoms with van der Waals surface area (Å²) in [6.07, 6.45) is 1.37. The first-order chi connectivity index (χ1) is 12.9. The second kappa shape index (κ2) is 8.28. The van der Waals surface area contributed by atoms with Crippen molar-refractivity contribution < 1.29 is 24.2 Å². The van der Waals surface area contributed by atoms with Crippen molar-refractivity contribution in [3.8, 4) is 0 Å². The van der Waals surface area contributed by atoms with E-state index in [2.05, 4.69) is 15.5 Å². The molecular weight excluding hydrogens is 355 g/mol. The van der Waals surface area contributed by atoms with Crippen LogP contribution < -0.4 is 5.32 Å². The molecule has 1 aromatic heterocycles. The molecule has 144 valence electrons. The molecule has 9 heteroatoms. The Labute approximate surface area is 155 Å². The smallest absolute Gasteiger partial charge is 0.253 e. The second-order valence-corrected chi connectivity index (χ2v) is 6.55. The number of piperidine rings is 1. The van der Waals surface area contributed by atoms with E-state index in [1.165, 1.54) is 12.1 Å². The standard InChI is InChI=1S/C18H21FN4O4/c19-13-3-1-12(2-4-13)17(26)18(27)22-14-10-23(6-5-15(14)24)16(25)7-11-8-20-21-9-11/h1-4,8-9,14-15,17,24,26H,5-7,10H2,(H,20,21)(H,22,27)/t14-,15-,17?/m1/s1. The molecule has 0 spiro atoms. The van der Waals surface area contributed by atoms with Crippen molar-refractivity contribution in [3.63, 3.8) is 0 Å². The molecule has 27 heavy (non-hydrogen) atoms. The molecule has 0 bridgehead atoms. The molecule has 1 saturated heterocycles. The minimum absolute atomic E-state index is 0.137. The quantitative estimate of drug-likeness (QED) is 0.581. The number of hydrogen-bond acceptors (Lipinski definition) is 5. The molecule has 2 aromatic rings. The summed E-state index contributed by atoms with van der Waals surface area (Å²) in [5, 5.41) is 29.3. The average molecular weight is 376 g/mol. The Balaban J connectivity index is 1.59. The second-order valence-electron chi connectivity index (χ2n) is 6.55. The van der Waals surface area contributed by atoms with Gasteiger partial charge in [0.05, 0.1) is 24.8 Å². The fraction of sp³-hybridized carbons (Fsp3) is 0.389. The number of amides is 2.